The Morgan fingerprint density at radius 3 is 2.31 bits per heavy atom. The highest BCUT2D eigenvalue weighted by Gasteiger charge is 2.35. The van der Waals surface area contributed by atoms with E-state index in [2.05, 4.69) is 20.9 Å². The predicted octanol–water partition coefficient (Wildman–Crippen LogP) is 3.61. The zero-order valence-corrected chi connectivity index (χ0v) is 8.94. The van der Waals surface area contributed by atoms with Gasteiger partial charge < -0.3 is 0 Å². The molecule has 0 amide bonds. The number of hydrogen-bond donors (Lipinski definition) is 0. The summed E-state index contributed by atoms with van der Waals surface area (Å²) in [5.74, 6) is 0. The molecule has 0 spiro atoms. The maximum Gasteiger partial charge on any atom is 0.417 e. The Morgan fingerprint density at radius 2 is 1.94 bits per heavy atom. The van der Waals surface area contributed by atoms with Crippen LogP contribution in [0.25, 0.3) is 0 Å². The molecule has 0 radical (unpaired) electrons. The highest BCUT2D eigenvalue weighted by molar-refractivity contribution is 9.10. The van der Waals surface area contributed by atoms with Crippen molar-refractivity contribution < 1.29 is 26.7 Å². The van der Waals surface area contributed by atoms with Crippen LogP contribution in [0.3, 0.4) is 0 Å². The zero-order valence-electron chi connectivity index (χ0n) is 7.36. The Morgan fingerprint density at radius 1 is 1.38 bits per heavy atom. The second-order valence-corrected chi connectivity index (χ2v) is 3.50. The second kappa shape index (κ2) is 4.44. The van der Waals surface area contributed by atoms with Crippen molar-refractivity contribution in [1.29, 1.82) is 0 Å². The Kier molecular flexibility index (Phi) is 3.61. The Labute approximate surface area is 94.6 Å². The predicted molar refractivity (Wildman–Crippen MR) is 47.3 cm³/mol. The molecule has 0 aliphatic heterocycles. The number of carbonyl (C=O) groups excluding carboxylic acids is 1. The van der Waals surface area contributed by atoms with Gasteiger partial charge in [-0.2, -0.15) is 13.2 Å². The second-order valence-electron chi connectivity index (χ2n) is 2.71. The summed E-state index contributed by atoms with van der Waals surface area (Å²) in [6, 6.07) is 0.210. The van der Waals surface area contributed by atoms with Crippen LogP contribution in [0.2, 0.25) is 0 Å². The number of hydrogen-bond acceptors (Lipinski definition) is 2. The van der Waals surface area contributed by atoms with Gasteiger partial charge in [-0.1, -0.05) is 0 Å². The molecule has 1 heterocycles. The first-order valence-corrected chi connectivity index (χ1v) is 4.57. The van der Waals surface area contributed by atoms with E-state index < -0.39 is 34.0 Å². The molecule has 0 aliphatic rings. The average molecular weight is 304 g/mol. The molecule has 0 unspecified atom stereocenters. The van der Waals surface area contributed by atoms with Crippen LogP contribution in [0.15, 0.2) is 10.5 Å². The molecule has 0 saturated carbocycles. The van der Waals surface area contributed by atoms with Gasteiger partial charge in [0.1, 0.15) is 11.4 Å². The lowest BCUT2D eigenvalue weighted by atomic mass is 10.2. The van der Waals surface area contributed by atoms with Gasteiger partial charge >= 0.3 is 6.18 Å². The number of nitrogens with zero attached hydrogens (tertiary/aromatic N) is 1. The van der Waals surface area contributed by atoms with Gasteiger partial charge in [0.15, 0.2) is 6.29 Å². The van der Waals surface area contributed by atoms with Crippen LogP contribution in [-0.4, -0.2) is 11.3 Å². The van der Waals surface area contributed by atoms with E-state index in [-0.39, 0.29) is 12.4 Å². The van der Waals surface area contributed by atoms with Crippen LogP contribution in [0.5, 0.6) is 0 Å². The monoisotopic (exact) mass is 303 g/mol. The number of alkyl halides is 5. The van der Waals surface area contributed by atoms with Gasteiger partial charge in [-0.15, -0.1) is 0 Å². The van der Waals surface area contributed by atoms with Gasteiger partial charge in [-0.3, -0.25) is 4.79 Å². The summed E-state index contributed by atoms with van der Waals surface area (Å²) in [6.45, 7) is 0. The molecule has 2 nitrogen and oxygen atoms in total. The Hall–Kier alpha value is -1.05. The summed E-state index contributed by atoms with van der Waals surface area (Å²) in [7, 11) is 0. The van der Waals surface area contributed by atoms with Crippen LogP contribution in [-0.2, 0) is 6.18 Å². The topological polar surface area (TPSA) is 30.0 Å². The molecular formula is C8H3BrF5NO. The summed E-state index contributed by atoms with van der Waals surface area (Å²) in [6.07, 6.45) is -8.03. The molecule has 1 aromatic rings. The lowest BCUT2D eigenvalue weighted by Gasteiger charge is -2.11. The average Bonchev–Trinajstić information content (AvgIpc) is 2.15. The summed E-state index contributed by atoms with van der Waals surface area (Å²) >= 11 is 2.50. The maximum absolute atomic E-state index is 12.4. The lowest BCUT2D eigenvalue weighted by Crippen LogP contribution is -2.10. The largest absolute Gasteiger partial charge is 0.417 e. The maximum atomic E-state index is 12.4. The molecule has 0 aromatic carbocycles. The number of aldehydes is 1. The van der Waals surface area contributed by atoms with Gasteiger partial charge in [-0.25, -0.2) is 13.8 Å². The Balaban J connectivity index is 3.48. The summed E-state index contributed by atoms with van der Waals surface area (Å²) in [5, 5.41) is 0. The van der Waals surface area contributed by atoms with Crippen molar-refractivity contribution in [1.82, 2.24) is 4.98 Å². The normalized spacial score (nSPS) is 11.9. The van der Waals surface area contributed by atoms with Crippen molar-refractivity contribution in [3.8, 4) is 0 Å². The van der Waals surface area contributed by atoms with E-state index in [4.69, 9.17) is 0 Å². The molecule has 1 aromatic heterocycles. The first kappa shape index (κ1) is 13.0. The number of pyridine rings is 1. The van der Waals surface area contributed by atoms with E-state index in [9.17, 15) is 26.7 Å². The third kappa shape index (κ3) is 2.55. The third-order valence-electron chi connectivity index (χ3n) is 1.64. The standard InChI is InChI=1S/C8H3BrF5NO/c9-6-3(8(12,13)14)1-4(7(10)11)15-5(6)2-16/h1-2,7H. The number of carbonyl (C=O) groups is 1. The van der Waals surface area contributed by atoms with Crippen LogP contribution < -0.4 is 0 Å². The van der Waals surface area contributed by atoms with Gasteiger partial charge in [0.25, 0.3) is 6.43 Å². The van der Waals surface area contributed by atoms with Crippen molar-refractivity contribution in [2.24, 2.45) is 0 Å². The number of aromatic nitrogens is 1. The van der Waals surface area contributed by atoms with Crippen molar-refractivity contribution in [3.05, 3.63) is 27.5 Å². The van der Waals surface area contributed by atoms with Crippen LogP contribution in [0.1, 0.15) is 28.2 Å². The van der Waals surface area contributed by atoms with Crippen LogP contribution in [0.4, 0.5) is 22.0 Å². The molecule has 88 valence electrons. The smallest absolute Gasteiger partial charge is 0.296 e. The van der Waals surface area contributed by atoms with Gasteiger partial charge in [0.05, 0.1) is 10.0 Å². The van der Waals surface area contributed by atoms with Gasteiger partial charge in [0.2, 0.25) is 0 Å². The summed E-state index contributed by atoms with van der Waals surface area (Å²) in [4.78, 5) is 13.5. The van der Waals surface area contributed by atoms with Crippen molar-refractivity contribution in [2.75, 3.05) is 0 Å². The third-order valence-corrected chi connectivity index (χ3v) is 2.48. The number of halogens is 6. The highest BCUT2D eigenvalue weighted by atomic mass is 79.9. The van der Waals surface area contributed by atoms with Crippen LogP contribution in [0, 0.1) is 0 Å². The SMILES string of the molecule is O=Cc1nc(C(F)F)cc(C(F)(F)F)c1Br. The molecular weight excluding hydrogens is 301 g/mol. The first-order valence-electron chi connectivity index (χ1n) is 3.78. The molecule has 1 rings (SSSR count). The fourth-order valence-electron chi connectivity index (χ4n) is 0.966. The molecule has 0 bridgehead atoms. The molecule has 0 aliphatic carbocycles. The van der Waals surface area contributed by atoms with Crippen molar-refractivity contribution in [3.63, 3.8) is 0 Å². The van der Waals surface area contributed by atoms with E-state index in [0.29, 0.717) is 0 Å². The van der Waals surface area contributed by atoms with Crippen LogP contribution >= 0.6 is 15.9 Å². The lowest BCUT2D eigenvalue weighted by molar-refractivity contribution is -0.138. The molecule has 0 fully saturated rings. The molecule has 0 atom stereocenters. The number of rotatable bonds is 2. The minimum Gasteiger partial charge on any atom is -0.296 e. The highest BCUT2D eigenvalue weighted by Crippen LogP contribution is 2.37. The molecule has 16 heavy (non-hydrogen) atoms. The van der Waals surface area contributed by atoms with Gasteiger partial charge in [0, 0.05) is 0 Å². The van der Waals surface area contributed by atoms with E-state index >= 15 is 0 Å². The minimum atomic E-state index is -4.83. The first-order chi connectivity index (χ1) is 7.27. The molecule has 0 saturated heterocycles. The fourth-order valence-corrected chi connectivity index (χ4v) is 1.49. The summed E-state index contributed by atoms with van der Waals surface area (Å²) < 4.78 is 61.0. The fraction of sp³-hybridized carbons (Fsp3) is 0.250. The minimum absolute atomic E-state index is 0.0226. The zero-order chi connectivity index (χ0) is 12.5. The quantitative estimate of drug-likeness (QED) is 0.617. The van der Waals surface area contributed by atoms with Crippen molar-refractivity contribution >= 4 is 22.2 Å². The molecule has 0 N–H and O–H groups in total. The van der Waals surface area contributed by atoms with Crippen molar-refractivity contribution in [2.45, 2.75) is 12.6 Å². The van der Waals surface area contributed by atoms with E-state index in [1.165, 1.54) is 0 Å². The van der Waals surface area contributed by atoms with Gasteiger partial charge in [-0.05, 0) is 22.0 Å². The Bertz CT molecular complexity index is 418. The van der Waals surface area contributed by atoms with E-state index in [1.807, 2.05) is 0 Å². The van der Waals surface area contributed by atoms with E-state index in [0.717, 1.165) is 0 Å². The molecule has 8 heteroatoms. The van der Waals surface area contributed by atoms with E-state index in [1.54, 1.807) is 0 Å². The summed E-state index contributed by atoms with van der Waals surface area (Å²) in [5.41, 5.74) is -3.14.